The third kappa shape index (κ3) is 1.27. The van der Waals surface area contributed by atoms with Crippen molar-refractivity contribution in [3.05, 3.63) is 22.4 Å². The van der Waals surface area contributed by atoms with Crippen LogP contribution in [0.2, 0.25) is 0 Å². The van der Waals surface area contributed by atoms with Crippen molar-refractivity contribution in [2.75, 3.05) is 0 Å². The van der Waals surface area contributed by atoms with Crippen LogP contribution < -0.4 is 0 Å². The van der Waals surface area contributed by atoms with Crippen LogP contribution in [0.1, 0.15) is 25.3 Å². The maximum atomic E-state index is 9.63. The lowest BCUT2D eigenvalue weighted by Crippen LogP contribution is -2.51. The van der Waals surface area contributed by atoms with E-state index in [0.29, 0.717) is 12.8 Å². The summed E-state index contributed by atoms with van der Waals surface area (Å²) in [4.78, 5) is 0. The van der Waals surface area contributed by atoms with Gasteiger partial charge in [0, 0.05) is 0 Å². The van der Waals surface area contributed by atoms with E-state index in [4.69, 9.17) is 5.26 Å². The maximum Gasteiger partial charge on any atom is 0.0884 e. The van der Waals surface area contributed by atoms with Crippen LogP contribution in [0.25, 0.3) is 0 Å². The largest absolute Gasteiger partial charge is 0.390 e. The Kier molecular flexibility index (Phi) is 1.73. The normalized spacial score (nSPS) is 37.9. The molecule has 0 saturated heterocycles. The molecule has 3 heteroatoms. The van der Waals surface area contributed by atoms with E-state index >= 15 is 0 Å². The quantitative estimate of drug-likeness (QED) is 0.741. The van der Waals surface area contributed by atoms with E-state index in [-0.39, 0.29) is 0 Å². The van der Waals surface area contributed by atoms with Crippen LogP contribution in [0, 0.1) is 11.3 Å². The van der Waals surface area contributed by atoms with Gasteiger partial charge in [-0.05, 0) is 42.2 Å². The molecule has 13 heavy (non-hydrogen) atoms. The van der Waals surface area contributed by atoms with Crippen molar-refractivity contribution < 1.29 is 5.11 Å². The molecule has 0 radical (unpaired) electrons. The third-order valence-corrected chi connectivity index (χ3v) is 3.34. The van der Waals surface area contributed by atoms with Gasteiger partial charge in [-0.3, -0.25) is 0 Å². The average Bonchev–Trinajstić information content (AvgIpc) is 2.51. The molecule has 1 aliphatic carbocycles. The molecule has 1 aromatic rings. The number of rotatable bonds is 1. The van der Waals surface area contributed by atoms with Gasteiger partial charge in [0.1, 0.15) is 0 Å². The highest BCUT2D eigenvalue weighted by molar-refractivity contribution is 7.08. The third-order valence-electron chi connectivity index (χ3n) is 2.65. The minimum absolute atomic E-state index is 0.413. The Hall–Kier alpha value is -0.850. The minimum atomic E-state index is -0.641. The Morgan fingerprint density at radius 3 is 2.69 bits per heavy atom. The summed E-state index contributed by atoms with van der Waals surface area (Å²) >= 11 is 1.60. The molecule has 1 fully saturated rings. The van der Waals surface area contributed by atoms with Gasteiger partial charge in [0.2, 0.25) is 0 Å². The maximum absolute atomic E-state index is 9.63. The van der Waals surface area contributed by atoms with Gasteiger partial charge in [0.05, 0.1) is 17.1 Å². The number of aliphatic hydroxyl groups is 1. The molecule has 1 N–H and O–H groups in total. The molecular weight excluding hydrogens is 182 g/mol. The second-order valence-electron chi connectivity index (χ2n) is 4.06. The Morgan fingerprint density at radius 1 is 1.62 bits per heavy atom. The first-order valence-electron chi connectivity index (χ1n) is 4.24. The molecule has 0 unspecified atom stereocenters. The summed E-state index contributed by atoms with van der Waals surface area (Å²) in [6.07, 6.45) is 1.13. The van der Waals surface area contributed by atoms with Crippen LogP contribution in [-0.2, 0) is 5.41 Å². The fourth-order valence-electron chi connectivity index (χ4n) is 2.13. The molecule has 1 heterocycles. The molecule has 1 saturated carbocycles. The van der Waals surface area contributed by atoms with Crippen molar-refractivity contribution in [2.45, 2.75) is 30.8 Å². The van der Waals surface area contributed by atoms with Crippen LogP contribution in [-0.4, -0.2) is 10.7 Å². The fourth-order valence-corrected chi connectivity index (χ4v) is 2.89. The standard InChI is InChI=1S/C10H11NOS/c1-9(12)5-10(6-9,7-11)8-2-3-13-4-8/h2-4,12H,5-6H2,1H3. The van der Waals surface area contributed by atoms with Gasteiger partial charge < -0.3 is 5.11 Å². The van der Waals surface area contributed by atoms with Crippen LogP contribution in [0.3, 0.4) is 0 Å². The molecule has 2 rings (SSSR count). The molecule has 1 aromatic heterocycles. The van der Waals surface area contributed by atoms with Crippen LogP contribution in [0.15, 0.2) is 16.8 Å². The zero-order valence-corrected chi connectivity index (χ0v) is 8.27. The molecule has 0 bridgehead atoms. The van der Waals surface area contributed by atoms with Gasteiger partial charge >= 0.3 is 0 Å². The number of nitriles is 1. The second-order valence-corrected chi connectivity index (χ2v) is 4.84. The molecular formula is C10H11NOS. The van der Waals surface area contributed by atoms with Crippen molar-refractivity contribution in [1.82, 2.24) is 0 Å². The van der Waals surface area contributed by atoms with Crippen molar-refractivity contribution in [3.8, 4) is 6.07 Å². The molecule has 0 spiro atoms. The fraction of sp³-hybridized carbons (Fsp3) is 0.500. The molecule has 0 aliphatic heterocycles. The predicted molar refractivity (Wildman–Crippen MR) is 51.5 cm³/mol. The van der Waals surface area contributed by atoms with Crippen LogP contribution >= 0.6 is 11.3 Å². The summed E-state index contributed by atoms with van der Waals surface area (Å²) < 4.78 is 0. The van der Waals surface area contributed by atoms with Gasteiger partial charge in [-0.15, -0.1) is 0 Å². The smallest absolute Gasteiger partial charge is 0.0884 e. The molecule has 1 aliphatic rings. The van der Waals surface area contributed by atoms with E-state index in [9.17, 15) is 5.11 Å². The van der Waals surface area contributed by atoms with Crippen molar-refractivity contribution in [2.24, 2.45) is 0 Å². The van der Waals surface area contributed by atoms with Gasteiger partial charge in [-0.25, -0.2) is 0 Å². The van der Waals surface area contributed by atoms with Gasteiger partial charge in [-0.1, -0.05) is 0 Å². The van der Waals surface area contributed by atoms with E-state index in [1.807, 2.05) is 16.8 Å². The lowest BCUT2D eigenvalue weighted by atomic mass is 9.58. The summed E-state index contributed by atoms with van der Waals surface area (Å²) in [6, 6.07) is 4.29. The van der Waals surface area contributed by atoms with E-state index in [2.05, 4.69) is 6.07 Å². The van der Waals surface area contributed by atoms with Crippen molar-refractivity contribution in [1.29, 1.82) is 5.26 Å². The summed E-state index contributed by atoms with van der Waals surface area (Å²) in [7, 11) is 0. The number of nitrogens with zero attached hydrogens (tertiary/aromatic N) is 1. The molecule has 0 atom stereocenters. The van der Waals surface area contributed by atoms with E-state index in [1.165, 1.54) is 0 Å². The van der Waals surface area contributed by atoms with Crippen molar-refractivity contribution >= 4 is 11.3 Å². The van der Waals surface area contributed by atoms with E-state index < -0.39 is 11.0 Å². The summed E-state index contributed by atoms with van der Waals surface area (Å²) in [5.74, 6) is 0. The Balaban J connectivity index is 2.28. The Bertz CT molecular complexity index is 340. The topological polar surface area (TPSA) is 44.0 Å². The highest BCUT2D eigenvalue weighted by Gasteiger charge is 2.52. The zero-order valence-electron chi connectivity index (χ0n) is 7.45. The highest BCUT2D eigenvalue weighted by atomic mass is 32.1. The number of hydrogen-bond donors (Lipinski definition) is 1. The number of hydrogen-bond acceptors (Lipinski definition) is 3. The minimum Gasteiger partial charge on any atom is -0.390 e. The van der Waals surface area contributed by atoms with Gasteiger partial charge in [-0.2, -0.15) is 16.6 Å². The molecule has 0 amide bonds. The summed E-state index contributed by atoms with van der Waals surface area (Å²) in [6.45, 7) is 1.79. The van der Waals surface area contributed by atoms with Crippen LogP contribution in [0.5, 0.6) is 0 Å². The lowest BCUT2D eigenvalue weighted by molar-refractivity contribution is -0.0554. The highest BCUT2D eigenvalue weighted by Crippen LogP contribution is 2.50. The lowest BCUT2D eigenvalue weighted by Gasteiger charge is -2.47. The summed E-state index contributed by atoms with van der Waals surface area (Å²) in [5.41, 5.74) is 0.00720. The van der Waals surface area contributed by atoms with Gasteiger partial charge in [0.15, 0.2) is 0 Å². The predicted octanol–water partition coefficient (Wildman–Crippen LogP) is 2.05. The molecule has 68 valence electrons. The van der Waals surface area contributed by atoms with Crippen molar-refractivity contribution in [3.63, 3.8) is 0 Å². The van der Waals surface area contributed by atoms with Crippen LogP contribution in [0.4, 0.5) is 0 Å². The molecule has 0 aromatic carbocycles. The van der Waals surface area contributed by atoms with E-state index in [0.717, 1.165) is 5.56 Å². The first kappa shape index (κ1) is 8.74. The Morgan fingerprint density at radius 2 is 2.31 bits per heavy atom. The first-order chi connectivity index (χ1) is 6.08. The zero-order chi connectivity index (χ0) is 9.53. The second kappa shape index (κ2) is 2.57. The average molecular weight is 193 g/mol. The molecule has 2 nitrogen and oxygen atoms in total. The SMILES string of the molecule is CC1(O)CC(C#N)(c2ccsc2)C1. The van der Waals surface area contributed by atoms with E-state index in [1.54, 1.807) is 18.3 Å². The first-order valence-corrected chi connectivity index (χ1v) is 5.19. The monoisotopic (exact) mass is 193 g/mol. The Labute approximate surface area is 81.4 Å². The number of thiophene rings is 1. The van der Waals surface area contributed by atoms with Gasteiger partial charge in [0.25, 0.3) is 0 Å². The summed E-state index contributed by atoms with van der Waals surface area (Å²) in [5, 5.41) is 22.7.